The summed E-state index contributed by atoms with van der Waals surface area (Å²) in [6.07, 6.45) is 3.87. The Hall–Kier alpha value is -2.25. The minimum absolute atomic E-state index is 0.0514. The van der Waals surface area contributed by atoms with E-state index in [2.05, 4.69) is 4.90 Å². The van der Waals surface area contributed by atoms with Crippen LogP contribution in [0.1, 0.15) is 41.6 Å². The summed E-state index contributed by atoms with van der Waals surface area (Å²) in [7, 11) is 0. The molecule has 2 atom stereocenters. The van der Waals surface area contributed by atoms with Crippen molar-refractivity contribution in [2.45, 2.75) is 50.5 Å². The fourth-order valence-electron chi connectivity index (χ4n) is 4.87. The molecule has 2 aliphatic rings. The van der Waals surface area contributed by atoms with Gasteiger partial charge in [-0.1, -0.05) is 61.4 Å². The van der Waals surface area contributed by atoms with Gasteiger partial charge in [0.05, 0.1) is 32.0 Å². The van der Waals surface area contributed by atoms with E-state index in [1.54, 1.807) is 0 Å². The van der Waals surface area contributed by atoms with Gasteiger partial charge in [-0.25, -0.2) is 0 Å². The van der Waals surface area contributed by atoms with Crippen LogP contribution in [0.4, 0.5) is 0 Å². The Bertz CT molecular complexity index is 842. The minimum atomic E-state index is -0.552. The molecule has 1 saturated heterocycles. The number of carbonyl (C=O) groups excluding carboxylic acids is 1. The fourth-order valence-corrected chi connectivity index (χ4v) is 4.87. The number of β-amino-alcohol motifs (C(OH)–C–C–N with tert-alkyl or cyclic N) is 1. The third-order valence-electron chi connectivity index (χ3n) is 6.56. The van der Waals surface area contributed by atoms with Gasteiger partial charge in [0.1, 0.15) is 0 Å². The SMILES string of the molecule is O=C(c1ccccc1)N(CC1CN(CC(O)COCc2ccccc2)CCO1)C1CCCC1. The molecule has 1 N–H and O–H groups in total. The molecule has 0 bridgehead atoms. The van der Waals surface area contributed by atoms with E-state index in [0.717, 1.165) is 30.5 Å². The van der Waals surface area contributed by atoms with E-state index >= 15 is 0 Å². The Morgan fingerprint density at radius 2 is 1.79 bits per heavy atom. The number of aliphatic hydroxyl groups is 1. The smallest absolute Gasteiger partial charge is 0.254 e. The highest BCUT2D eigenvalue weighted by molar-refractivity contribution is 5.94. The Kier molecular flexibility index (Phi) is 8.89. The Morgan fingerprint density at radius 3 is 2.52 bits per heavy atom. The Labute approximate surface area is 197 Å². The molecule has 6 heteroatoms. The molecule has 4 rings (SSSR count). The fraction of sp³-hybridized carbons (Fsp3) is 0.519. The lowest BCUT2D eigenvalue weighted by molar-refractivity contribution is -0.0622. The quantitative estimate of drug-likeness (QED) is 0.599. The molecule has 2 aromatic rings. The summed E-state index contributed by atoms with van der Waals surface area (Å²) < 4.78 is 11.8. The maximum absolute atomic E-state index is 13.3. The van der Waals surface area contributed by atoms with Crippen LogP contribution in [-0.2, 0) is 16.1 Å². The molecular weight excluding hydrogens is 416 g/mol. The van der Waals surface area contributed by atoms with Crippen molar-refractivity contribution in [1.82, 2.24) is 9.80 Å². The molecule has 178 valence electrons. The lowest BCUT2D eigenvalue weighted by Crippen LogP contribution is -2.52. The number of benzene rings is 2. The number of nitrogens with zero attached hydrogens (tertiary/aromatic N) is 2. The normalized spacial score (nSPS) is 20.6. The Balaban J connectivity index is 1.28. The first-order valence-electron chi connectivity index (χ1n) is 12.2. The van der Waals surface area contributed by atoms with Gasteiger partial charge in [0.25, 0.3) is 5.91 Å². The Morgan fingerprint density at radius 1 is 1.09 bits per heavy atom. The molecule has 2 unspecified atom stereocenters. The van der Waals surface area contributed by atoms with Crippen molar-refractivity contribution in [2.24, 2.45) is 0 Å². The summed E-state index contributed by atoms with van der Waals surface area (Å²) in [6, 6.07) is 19.8. The van der Waals surface area contributed by atoms with Crippen LogP contribution in [-0.4, -0.2) is 78.5 Å². The summed E-state index contributed by atoms with van der Waals surface area (Å²) in [5.41, 5.74) is 1.84. The average Bonchev–Trinajstić information content (AvgIpc) is 3.38. The van der Waals surface area contributed by atoms with Crippen molar-refractivity contribution in [3.05, 3.63) is 71.8 Å². The monoisotopic (exact) mass is 452 g/mol. The van der Waals surface area contributed by atoms with Crippen LogP contribution in [0.2, 0.25) is 0 Å². The third-order valence-corrected chi connectivity index (χ3v) is 6.56. The van der Waals surface area contributed by atoms with Crippen molar-refractivity contribution >= 4 is 5.91 Å². The van der Waals surface area contributed by atoms with Crippen molar-refractivity contribution in [3.63, 3.8) is 0 Å². The molecule has 0 aromatic heterocycles. The summed E-state index contributed by atoms with van der Waals surface area (Å²) in [6.45, 7) is 4.04. The van der Waals surface area contributed by atoms with Gasteiger partial charge in [-0.3, -0.25) is 9.69 Å². The lowest BCUT2D eigenvalue weighted by atomic mass is 10.1. The second kappa shape index (κ2) is 12.3. The summed E-state index contributed by atoms with van der Waals surface area (Å²) in [5.74, 6) is 0.0950. The minimum Gasteiger partial charge on any atom is -0.389 e. The van der Waals surface area contributed by atoms with E-state index in [4.69, 9.17) is 9.47 Å². The zero-order valence-electron chi connectivity index (χ0n) is 19.4. The molecule has 6 nitrogen and oxygen atoms in total. The predicted octanol–water partition coefficient (Wildman–Crippen LogP) is 3.35. The van der Waals surface area contributed by atoms with Gasteiger partial charge in [0.15, 0.2) is 0 Å². The molecule has 0 spiro atoms. The van der Waals surface area contributed by atoms with E-state index in [1.807, 2.05) is 65.6 Å². The molecule has 0 radical (unpaired) electrons. The number of rotatable bonds is 10. The van der Waals surface area contributed by atoms with E-state index in [1.165, 1.54) is 12.8 Å². The predicted molar refractivity (Wildman–Crippen MR) is 128 cm³/mol. The van der Waals surface area contributed by atoms with Crippen LogP contribution in [0, 0.1) is 0 Å². The highest BCUT2D eigenvalue weighted by atomic mass is 16.5. The number of carbonyl (C=O) groups is 1. The van der Waals surface area contributed by atoms with Gasteiger partial charge in [-0.2, -0.15) is 0 Å². The molecule has 1 heterocycles. The van der Waals surface area contributed by atoms with Crippen molar-refractivity contribution in [2.75, 3.05) is 39.4 Å². The third kappa shape index (κ3) is 7.11. The number of amides is 1. The van der Waals surface area contributed by atoms with Crippen LogP contribution in [0.3, 0.4) is 0 Å². The summed E-state index contributed by atoms with van der Waals surface area (Å²) >= 11 is 0. The zero-order chi connectivity index (χ0) is 22.9. The maximum atomic E-state index is 13.3. The number of aliphatic hydroxyl groups excluding tert-OH is 1. The van der Waals surface area contributed by atoms with Crippen molar-refractivity contribution in [3.8, 4) is 0 Å². The highest BCUT2D eigenvalue weighted by Crippen LogP contribution is 2.26. The first kappa shape index (κ1) is 23.9. The molecule has 1 amide bonds. The number of hydrogen-bond acceptors (Lipinski definition) is 5. The second-order valence-electron chi connectivity index (χ2n) is 9.17. The van der Waals surface area contributed by atoms with Crippen LogP contribution in [0.15, 0.2) is 60.7 Å². The first-order valence-corrected chi connectivity index (χ1v) is 12.2. The summed E-state index contributed by atoms with van der Waals surface area (Å²) in [4.78, 5) is 17.6. The second-order valence-corrected chi connectivity index (χ2v) is 9.17. The molecule has 2 aromatic carbocycles. The van der Waals surface area contributed by atoms with Crippen LogP contribution in [0.5, 0.6) is 0 Å². The lowest BCUT2D eigenvalue weighted by Gasteiger charge is -2.38. The molecule has 1 aliphatic heterocycles. The molecule has 1 aliphatic carbocycles. The molecule has 33 heavy (non-hydrogen) atoms. The zero-order valence-corrected chi connectivity index (χ0v) is 19.4. The summed E-state index contributed by atoms with van der Waals surface area (Å²) in [5, 5.41) is 10.5. The van der Waals surface area contributed by atoms with Crippen molar-refractivity contribution < 1.29 is 19.4 Å². The van der Waals surface area contributed by atoms with Gasteiger partial charge < -0.3 is 19.5 Å². The number of ether oxygens (including phenoxy) is 2. The van der Waals surface area contributed by atoms with Gasteiger partial charge >= 0.3 is 0 Å². The standard InChI is InChI=1S/C27H36N2O4/c30-25(21-32-20-22-9-3-1-4-10-22)17-28-15-16-33-26(18-28)19-29(24-13-7-8-14-24)27(31)23-11-5-2-6-12-23/h1-6,9-12,24-26,30H,7-8,13-21H2. The van der Waals surface area contributed by atoms with Crippen LogP contribution < -0.4 is 0 Å². The molecule has 1 saturated carbocycles. The van der Waals surface area contributed by atoms with Crippen molar-refractivity contribution in [1.29, 1.82) is 0 Å². The first-order chi connectivity index (χ1) is 16.2. The molecular formula is C27H36N2O4. The van der Waals surface area contributed by atoms with E-state index in [0.29, 0.717) is 39.5 Å². The number of morpholine rings is 1. The van der Waals surface area contributed by atoms with E-state index in [9.17, 15) is 9.90 Å². The largest absolute Gasteiger partial charge is 0.389 e. The van der Waals surface area contributed by atoms with Gasteiger partial charge in [-0.05, 0) is 30.5 Å². The van der Waals surface area contributed by atoms with Gasteiger partial charge in [-0.15, -0.1) is 0 Å². The topological polar surface area (TPSA) is 62.2 Å². The van der Waals surface area contributed by atoms with Crippen LogP contribution in [0.25, 0.3) is 0 Å². The number of hydrogen-bond donors (Lipinski definition) is 1. The van der Waals surface area contributed by atoms with Crippen LogP contribution >= 0.6 is 0 Å². The van der Waals surface area contributed by atoms with E-state index < -0.39 is 6.10 Å². The molecule has 2 fully saturated rings. The highest BCUT2D eigenvalue weighted by Gasteiger charge is 2.32. The maximum Gasteiger partial charge on any atom is 0.254 e. The van der Waals surface area contributed by atoms with Gasteiger partial charge in [0.2, 0.25) is 0 Å². The van der Waals surface area contributed by atoms with E-state index in [-0.39, 0.29) is 18.1 Å². The van der Waals surface area contributed by atoms with Gasteiger partial charge in [0, 0.05) is 37.8 Å². The average molecular weight is 453 g/mol.